The van der Waals surface area contributed by atoms with Gasteiger partial charge < -0.3 is 14.5 Å². The van der Waals surface area contributed by atoms with Gasteiger partial charge in [0.25, 0.3) is 0 Å². The van der Waals surface area contributed by atoms with Crippen molar-refractivity contribution in [3.63, 3.8) is 0 Å². The minimum atomic E-state index is -0.166. The van der Waals surface area contributed by atoms with Crippen molar-refractivity contribution >= 4 is 23.2 Å². The second kappa shape index (κ2) is 7.82. The second-order valence-corrected chi connectivity index (χ2v) is 7.21. The molecule has 3 rings (SSSR count). The van der Waals surface area contributed by atoms with Gasteiger partial charge in [-0.3, -0.25) is 9.59 Å². The number of hydrogen-bond acceptors (Lipinski definition) is 3. The summed E-state index contributed by atoms with van der Waals surface area (Å²) in [6.07, 6.45) is 0.918. The maximum Gasteiger partial charge on any atom is 0.247 e. The van der Waals surface area contributed by atoms with E-state index in [1.165, 1.54) is 17.4 Å². The number of ether oxygens (including phenoxy) is 1. The molecule has 142 valence electrons. The van der Waals surface area contributed by atoms with E-state index in [0.717, 1.165) is 17.9 Å². The lowest BCUT2D eigenvalue weighted by atomic mass is 10.1. The Labute approximate surface area is 160 Å². The van der Waals surface area contributed by atoms with E-state index in [1.807, 2.05) is 68.1 Å². The van der Waals surface area contributed by atoms with Crippen LogP contribution in [0.4, 0.5) is 11.4 Å². The molecule has 1 aliphatic rings. The molecular formula is C22H26N2O3. The summed E-state index contributed by atoms with van der Waals surface area (Å²) in [6, 6.07) is 15.3. The van der Waals surface area contributed by atoms with Gasteiger partial charge in [0, 0.05) is 24.3 Å². The van der Waals surface area contributed by atoms with Gasteiger partial charge in [-0.25, -0.2) is 0 Å². The zero-order valence-electron chi connectivity index (χ0n) is 16.3. The van der Waals surface area contributed by atoms with E-state index in [9.17, 15) is 9.59 Å². The Morgan fingerprint density at radius 3 is 2.44 bits per heavy atom. The van der Waals surface area contributed by atoms with Gasteiger partial charge in [0.15, 0.2) is 0 Å². The van der Waals surface area contributed by atoms with Crippen molar-refractivity contribution < 1.29 is 14.3 Å². The van der Waals surface area contributed by atoms with Crippen LogP contribution in [0.15, 0.2) is 48.5 Å². The van der Waals surface area contributed by atoms with E-state index in [0.29, 0.717) is 5.69 Å². The average molecular weight is 366 g/mol. The standard InChI is InChI=1S/C22H26N2O3/c1-15(2)27-20-11-9-19(10-12-20)23(17(4)25)14-22(26)24-16(3)13-18-7-5-6-8-21(18)24/h5-12,15-16H,13-14H2,1-4H3. The maximum absolute atomic E-state index is 13.0. The predicted molar refractivity (Wildman–Crippen MR) is 107 cm³/mol. The molecule has 0 radical (unpaired) electrons. The van der Waals surface area contributed by atoms with Gasteiger partial charge in [-0.2, -0.15) is 0 Å². The smallest absolute Gasteiger partial charge is 0.247 e. The van der Waals surface area contributed by atoms with Crippen LogP contribution in [0.3, 0.4) is 0 Å². The summed E-state index contributed by atoms with van der Waals surface area (Å²) < 4.78 is 5.65. The summed E-state index contributed by atoms with van der Waals surface area (Å²) in [5, 5.41) is 0. The van der Waals surface area contributed by atoms with Crippen molar-refractivity contribution in [2.45, 2.75) is 46.3 Å². The highest BCUT2D eigenvalue weighted by Crippen LogP contribution is 2.32. The molecule has 0 aromatic heterocycles. The molecule has 0 saturated carbocycles. The lowest BCUT2D eigenvalue weighted by Crippen LogP contribution is -2.44. The topological polar surface area (TPSA) is 49.9 Å². The van der Waals surface area contributed by atoms with Crippen LogP contribution in [-0.4, -0.2) is 30.5 Å². The van der Waals surface area contributed by atoms with Crippen LogP contribution in [-0.2, 0) is 16.0 Å². The largest absolute Gasteiger partial charge is 0.491 e. The number of amides is 2. The minimum absolute atomic E-state index is 0.0123. The lowest BCUT2D eigenvalue weighted by molar-refractivity contribution is -0.121. The van der Waals surface area contributed by atoms with Crippen LogP contribution in [0.25, 0.3) is 0 Å². The molecule has 0 saturated heterocycles. The fourth-order valence-corrected chi connectivity index (χ4v) is 3.52. The highest BCUT2D eigenvalue weighted by molar-refractivity contribution is 6.04. The molecular weight excluding hydrogens is 340 g/mol. The summed E-state index contributed by atoms with van der Waals surface area (Å²) in [5.41, 5.74) is 2.80. The number of hydrogen-bond donors (Lipinski definition) is 0. The molecule has 1 aliphatic heterocycles. The molecule has 0 spiro atoms. The van der Waals surface area contributed by atoms with Crippen LogP contribution >= 0.6 is 0 Å². The number of nitrogens with zero attached hydrogens (tertiary/aromatic N) is 2. The third kappa shape index (κ3) is 4.13. The molecule has 0 aliphatic carbocycles. The first-order valence-corrected chi connectivity index (χ1v) is 9.31. The van der Waals surface area contributed by atoms with Crippen LogP contribution in [0.1, 0.15) is 33.3 Å². The van der Waals surface area contributed by atoms with Gasteiger partial charge in [0.2, 0.25) is 11.8 Å². The Bertz CT molecular complexity index is 830. The Morgan fingerprint density at radius 1 is 1.15 bits per heavy atom. The SMILES string of the molecule is CC(=O)N(CC(=O)N1c2ccccc2CC1C)c1ccc(OC(C)C)cc1. The first kappa shape index (κ1) is 19.0. The van der Waals surface area contributed by atoms with E-state index in [1.54, 1.807) is 0 Å². The number of carbonyl (C=O) groups is 2. The molecule has 0 N–H and O–H groups in total. The fraction of sp³-hybridized carbons (Fsp3) is 0.364. The highest BCUT2D eigenvalue weighted by atomic mass is 16.5. The molecule has 1 heterocycles. The summed E-state index contributed by atoms with van der Waals surface area (Å²) in [7, 11) is 0. The Kier molecular flexibility index (Phi) is 5.49. The maximum atomic E-state index is 13.0. The molecule has 1 unspecified atom stereocenters. The summed E-state index contributed by atoms with van der Waals surface area (Å²) in [4.78, 5) is 28.6. The third-order valence-corrected chi connectivity index (χ3v) is 4.67. The molecule has 1 atom stereocenters. The third-order valence-electron chi connectivity index (χ3n) is 4.67. The van der Waals surface area contributed by atoms with E-state index in [-0.39, 0.29) is 30.5 Å². The van der Waals surface area contributed by atoms with Crippen molar-refractivity contribution in [1.29, 1.82) is 0 Å². The van der Waals surface area contributed by atoms with Gasteiger partial charge in [-0.15, -0.1) is 0 Å². The van der Waals surface area contributed by atoms with Crippen LogP contribution in [0.5, 0.6) is 5.75 Å². The first-order valence-electron chi connectivity index (χ1n) is 9.31. The van der Waals surface area contributed by atoms with Gasteiger partial charge >= 0.3 is 0 Å². The Hall–Kier alpha value is -2.82. The minimum Gasteiger partial charge on any atom is -0.491 e. The molecule has 5 heteroatoms. The summed E-state index contributed by atoms with van der Waals surface area (Å²) >= 11 is 0. The van der Waals surface area contributed by atoms with Crippen molar-refractivity contribution in [1.82, 2.24) is 0 Å². The van der Waals surface area contributed by atoms with E-state index in [2.05, 4.69) is 6.07 Å². The number of benzene rings is 2. The molecule has 2 aromatic rings. The Morgan fingerprint density at radius 2 is 1.81 bits per heavy atom. The molecule has 0 fully saturated rings. The molecule has 2 amide bonds. The predicted octanol–water partition coefficient (Wildman–Crippen LogP) is 3.80. The van der Waals surface area contributed by atoms with Crippen LogP contribution in [0.2, 0.25) is 0 Å². The van der Waals surface area contributed by atoms with Gasteiger partial charge in [-0.05, 0) is 63.1 Å². The van der Waals surface area contributed by atoms with E-state index >= 15 is 0 Å². The van der Waals surface area contributed by atoms with Gasteiger partial charge in [-0.1, -0.05) is 18.2 Å². The average Bonchev–Trinajstić information content (AvgIpc) is 2.95. The Balaban J connectivity index is 1.79. The number of anilines is 2. The van der Waals surface area contributed by atoms with Gasteiger partial charge in [0.05, 0.1) is 6.10 Å². The fourth-order valence-electron chi connectivity index (χ4n) is 3.52. The van der Waals surface area contributed by atoms with Crippen LogP contribution in [0, 0.1) is 0 Å². The van der Waals surface area contributed by atoms with Gasteiger partial charge in [0.1, 0.15) is 12.3 Å². The highest BCUT2D eigenvalue weighted by Gasteiger charge is 2.32. The van der Waals surface area contributed by atoms with Crippen LogP contribution < -0.4 is 14.5 Å². The molecule has 0 bridgehead atoms. The normalized spacial score (nSPS) is 15.6. The van der Waals surface area contributed by atoms with Crippen molar-refractivity contribution in [2.75, 3.05) is 16.3 Å². The molecule has 2 aromatic carbocycles. The monoisotopic (exact) mass is 366 g/mol. The van der Waals surface area contributed by atoms with Crippen molar-refractivity contribution in [3.8, 4) is 5.75 Å². The first-order chi connectivity index (χ1) is 12.9. The lowest BCUT2D eigenvalue weighted by Gasteiger charge is -2.27. The number of carbonyl (C=O) groups excluding carboxylic acids is 2. The van der Waals surface area contributed by atoms with Crippen molar-refractivity contribution in [2.24, 2.45) is 0 Å². The number of para-hydroxylation sites is 1. The molecule has 5 nitrogen and oxygen atoms in total. The zero-order chi connectivity index (χ0) is 19.6. The van der Waals surface area contributed by atoms with Crippen molar-refractivity contribution in [3.05, 3.63) is 54.1 Å². The second-order valence-electron chi connectivity index (χ2n) is 7.21. The number of fused-ring (bicyclic) bond motifs is 1. The summed E-state index contributed by atoms with van der Waals surface area (Å²) in [6.45, 7) is 7.45. The molecule has 27 heavy (non-hydrogen) atoms. The zero-order valence-corrected chi connectivity index (χ0v) is 16.3. The quantitative estimate of drug-likeness (QED) is 0.809. The number of rotatable bonds is 5. The van der Waals surface area contributed by atoms with E-state index in [4.69, 9.17) is 4.74 Å². The van der Waals surface area contributed by atoms with E-state index < -0.39 is 0 Å². The summed E-state index contributed by atoms with van der Waals surface area (Å²) in [5.74, 6) is 0.497.